The highest BCUT2D eigenvalue weighted by Gasteiger charge is 2.52. The molecule has 1 heterocycles. The van der Waals surface area contributed by atoms with Gasteiger partial charge in [-0.25, -0.2) is 0 Å². The minimum Gasteiger partial charge on any atom is -0.481 e. The molecule has 2 saturated carbocycles. The van der Waals surface area contributed by atoms with Crippen LogP contribution in [0.3, 0.4) is 0 Å². The Bertz CT molecular complexity index is 568. The first kappa shape index (κ1) is 12.1. The summed E-state index contributed by atoms with van der Waals surface area (Å²) in [6.45, 7) is 0. The molecule has 106 valence electrons. The van der Waals surface area contributed by atoms with Gasteiger partial charge in [0.25, 0.3) is 5.79 Å². The van der Waals surface area contributed by atoms with Gasteiger partial charge in [0.2, 0.25) is 0 Å². The number of hydrogen-bond acceptors (Lipinski definition) is 3. The van der Waals surface area contributed by atoms with Crippen molar-refractivity contribution in [2.75, 3.05) is 0 Å². The Morgan fingerprint density at radius 3 is 2.35 bits per heavy atom. The summed E-state index contributed by atoms with van der Waals surface area (Å²) >= 11 is 0. The van der Waals surface area contributed by atoms with Crippen LogP contribution in [0.4, 0.5) is 0 Å². The van der Waals surface area contributed by atoms with Crippen LogP contribution in [0.1, 0.15) is 50.5 Å². The van der Waals surface area contributed by atoms with Gasteiger partial charge in [-0.1, -0.05) is 12.5 Å². The van der Waals surface area contributed by atoms with Gasteiger partial charge < -0.3 is 14.6 Å². The molecular weight excluding hydrogens is 256 g/mol. The average molecular weight is 274 g/mol. The van der Waals surface area contributed by atoms with Crippen LogP contribution in [0.15, 0.2) is 18.2 Å². The first-order chi connectivity index (χ1) is 9.64. The van der Waals surface area contributed by atoms with E-state index in [1.165, 1.54) is 6.42 Å². The van der Waals surface area contributed by atoms with Crippen LogP contribution in [-0.4, -0.2) is 16.9 Å². The van der Waals surface area contributed by atoms with E-state index >= 15 is 0 Å². The number of aliphatic carboxylic acids is 1. The summed E-state index contributed by atoms with van der Waals surface area (Å²) in [6.07, 6.45) is 6.75. The van der Waals surface area contributed by atoms with Crippen LogP contribution in [0, 0.1) is 0 Å². The largest absolute Gasteiger partial charge is 0.481 e. The first-order valence-corrected chi connectivity index (χ1v) is 7.40. The lowest BCUT2D eigenvalue weighted by atomic mass is 9.94. The summed E-state index contributed by atoms with van der Waals surface area (Å²) in [5, 5.41) is 9.38. The quantitative estimate of drug-likeness (QED) is 0.899. The topological polar surface area (TPSA) is 55.8 Å². The predicted octanol–water partition coefficient (Wildman–Crippen LogP) is 3.23. The number of benzene rings is 1. The second-order valence-electron chi connectivity index (χ2n) is 6.22. The second kappa shape index (κ2) is 3.90. The van der Waals surface area contributed by atoms with Gasteiger partial charge in [0.15, 0.2) is 11.5 Å². The number of fused-ring (bicyclic) bond motifs is 1. The van der Waals surface area contributed by atoms with E-state index in [-0.39, 0.29) is 0 Å². The molecule has 20 heavy (non-hydrogen) atoms. The van der Waals surface area contributed by atoms with Crippen molar-refractivity contribution in [2.45, 2.75) is 56.1 Å². The molecule has 4 nitrogen and oxygen atoms in total. The molecule has 1 spiro atoms. The summed E-state index contributed by atoms with van der Waals surface area (Å²) in [7, 11) is 0. The molecule has 0 saturated heterocycles. The van der Waals surface area contributed by atoms with E-state index in [0.717, 1.165) is 42.7 Å². The molecule has 2 aliphatic carbocycles. The number of carbonyl (C=O) groups is 1. The summed E-state index contributed by atoms with van der Waals surface area (Å²) in [5.41, 5.74) is 0.168. The summed E-state index contributed by atoms with van der Waals surface area (Å²) in [6, 6.07) is 5.63. The normalized spacial score (nSPS) is 24.6. The minimum atomic E-state index is -0.733. The molecule has 3 aliphatic rings. The summed E-state index contributed by atoms with van der Waals surface area (Å²) in [4.78, 5) is 11.4. The fourth-order valence-electron chi connectivity index (χ4n) is 3.44. The highest BCUT2D eigenvalue weighted by molar-refractivity contribution is 5.85. The standard InChI is InChI=1S/C16H18O4/c17-14(18)15(8-9-15)11-4-5-12-13(10-11)20-16(19-12)6-2-1-3-7-16/h4-5,10H,1-3,6-9H2,(H,17,18). The molecule has 1 N–H and O–H groups in total. The van der Waals surface area contributed by atoms with Crippen LogP contribution >= 0.6 is 0 Å². The Morgan fingerprint density at radius 2 is 1.70 bits per heavy atom. The molecule has 0 aromatic heterocycles. The van der Waals surface area contributed by atoms with Gasteiger partial charge in [0.1, 0.15) is 0 Å². The molecule has 0 unspecified atom stereocenters. The maximum atomic E-state index is 11.4. The Balaban J connectivity index is 1.65. The van der Waals surface area contributed by atoms with Crippen molar-refractivity contribution < 1.29 is 19.4 Å². The van der Waals surface area contributed by atoms with Crippen LogP contribution in [0.2, 0.25) is 0 Å². The molecule has 4 rings (SSSR count). The fourth-order valence-corrected chi connectivity index (χ4v) is 3.44. The SMILES string of the molecule is O=C(O)C1(c2ccc3c(c2)OC2(CCCCC2)O3)CC1. The molecule has 0 bridgehead atoms. The Kier molecular flexibility index (Phi) is 2.35. The van der Waals surface area contributed by atoms with E-state index < -0.39 is 17.2 Å². The van der Waals surface area contributed by atoms with E-state index in [1.54, 1.807) is 0 Å². The summed E-state index contributed by atoms with van der Waals surface area (Å²) < 4.78 is 12.1. The Hall–Kier alpha value is -1.71. The first-order valence-electron chi connectivity index (χ1n) is 7.40. The number of hydrogen-bond donors (Lipinski definition) is 1. The fraction of sp³-hybridized carbons (Fsp3) is 0.562. The predicted molar refractivity (Wildman–Crippen MR) is 72.1 cm³/mol. The number of ether oxygens (including phenoxy) is 2. The highest BCUT2D eigenvalue weighted by Crippen LogP contribution is 2.52. The molecular formula is C16H18O4. The molecule has 0 atom stereocenters. The minimum absolute atomic E-state index is 0.487. The van der Waals surface area contributed by atoms with Crippen molar-refractivity contribution in [1.82, 2.24) is 0 Å². The zero-order valence-corrected chi connectivity index (χ0v) is 11.4. The lowest BCUT2D eigenvalue weighted by molar-refractivity contribution is -0.140. The number of rotatable bonds is 2. The van der Waals surface area contributed by atoms with E-state index in [9.17, 15) is 9.90 Å². The van der Waals surface area contributed by atoms with E-state index in [4.69, 9.17) is 9.47 Å². The van der Waals surface area contributed by atoms with Gasteiger partial charge in [0.05, 0.1) is 5.41 Å². The van der Waals surface area contributed by atoms with E-state index in [1.807, 2.05) is 18.2 Å². The third-order valence-electron chi connectivity index (χ3n) is 4.86. The van der Waals surface area contributed by atoms with Crippen molar-refractivity contribution in [3.63, 3.8) is 0 Å². The van der Waals surface area contributed by atoms with Gasteiger partial charge in [-0.3, -0.25) is 4.79 Å². The van der Waals surface area contributed by atoms with Gasteiger partial charge >= 0.3 is 5.97 Å². The van der Waals surface area contributed by atoms with Crippen molar-refractivity contribution in [3.05, 3.63) is 23.8 Å². The van der Waals surface area contributed by atoms with Crippen molar-refractivity contribution in [2.24, 2.45) is 0 Å². The lowest BCUT2D eigenvalue weighted by Crippen LogP contribution is -2.40. The molecule has 4 heteroatoms. The van der Waals surface area contributed by atoms with Gasteiger partial charge in [-0.2, -0.15) is 0 Å². The molecule has 1 aromatic carbocycles. The third kappa shape index (κ3) is 1.63. The van der Waals surface area contributed by atoms with Crippen LogP contribution < -0.4 is 9.47 Å². The van der Waals surface area contributed by atoms with E-state index in [2.05, 4.69) is 0 Å². The maximum Gasteiger partial charge on any atom is 0.314 e. The van der Waals surface area contributed by atoms with Gasteiger partial charge in [-0.15, -0.1) is 0 Å². The maximum absolute atomic E-state index is 11.4. The molecule has 0 amide bonds. The Labute approximate surface area is 117 Å². The lowest BCUT2D eigenvalue weighted by Gasteiger charge is -2.31. The van der Waals surface area contributed by atoms with Crippen LogP contribution in [0.5, 0.6) is 11.5 Å². The van der Waals surface area contributed by atoms with Crippen molar-refractivity contribution in [1.29, 1.82) is 0 Å². The Morgan fingerprint density at radius 1 is 1.00 bits per heavy atom. The number of carboxylic acids is 1. The zero-order chi connectivity index (χ0) is 13.8. The van der Waals surface area contributed by atoms with Gasteiger partial charge in [0, 0.05) is 12.8 Å². The second-order valence-corrected chi connectivity index (χ2v) is 6.22. The smallest absolute Gasteiger partial charge is 0.314 e. The highest BCUT2D eigenvalue weighted by atomic mass is 16.7. The van der Waals surface area contributed by atoms with Crippen molar-refractivity contribution in [3.8, 4) is 11.5 Å². The van der Waals surface area contributed by atoms with Gasteiger partial charge in [-0.05, 0) is 43.4 Å². The summed E-state index contributed by atoms with van der Waals surface area (Å²) in [5.74, 6) is 0.261. The average Bonchev–Trinajstić information content (AvgIpc) is 3.17. The van der Waals surface area contributed by atoms with E-state index in [0.29, 0.717) is 12.8 Å². The van der Waals surface area contributed by atoms with Crippen LogP contribution in [0.25, 0.3) is 0 Å². The number of carboxylic acid groups (broad SMARTS) is 1. The van der Waals surface area contributed by atoms with Crippen molar-refractivity contribution >= 4 is 5.97 Å². The molecule has 2 fully saturated rings. The monoisotopic (exact) mass is 274 g/mol. The molecule has 0 radical (unpaired) electrons. The zero-order valence-electron chi connectivity index (χ0n) is 11.4. The van der Waals surface area contributed by atoms with Crippen LogP contribution in [-0.2, 0) is 10.2 Å². The molecule has 1 aromatic rings. The molecule has 1 aliphatic heterocycles. The third-order valence-corrected chi connectivity index (χ3v) is 4.86.